The molecule has 2 rings (SSSR count). The molecule has 0 aliphatic carbocycles. The summed E-state index contributed by atoms with van der Waals surface area (Å²) in [7, 11) is 0. The lowest BCUT2D eigenvalue weighted by molar-refractivity contribution is -0.117. The van der Waals surface area contributed by atoms with Crippen LogP contribution in [0.5, 0.6) is 5.75 Å². The number of halogens is 1. The molecule has 0 heterocycles. The first-order chi connectivity index (χ1) is 13.0. The smallest absolute Gasteiger partial charge is 0.238 e. The number of benzene rings is 2. The average molecular weight is 391 g/mol. The van der Waals surface area contributed by atoms with Crippen LogP contribution >= 0.6 is 11.6 Å². The summed E-state index contributed by atoms with van der Waals surface area (Å²) in [6, 6.07) is 14.8. The Balaban J connectivity index is 1.85. The number of aryl methyl sites for hydroxylation is 1. The van der Waals surface area contributed by atoms with E-state index in [4.69, 9.17) is 16.3 Å². The molecule has 0 aromatic heterocycles. The molecule has 146 valence electrons. The van der Waals surface area contributed by atoms with Crippen LogP contribution < -0.4 is 10.1 Å². The Bertz CT molecular complexity index is 739. The van der Waals surface area contributed by atoms with E-state index in [1.165, 1.54) is 0 Å². The van der Waals surface area contributed by atoms with E-state index < -0.39 is 6.10 Å². The number of hydrogen-bond donors (Lipinski definition) is 2. The molecule has 5 nitrogen and oxygen atoms in total. The maximum atomic E-state index is 12.4. The highest BCUT2D eigenvalue weighted by atomic mass is 35.5. The van der Waals surface area contributed by atoms with Crippen LogP contribution in [0.1, 0.15) is 18.9 Å². The number of aliphatic hydroxyl groups is 1. The van der Waals surface area contributed by atoms with Gasteiger partial charge in [-0.2, -0.15) is 0 Å². The predicted octanol–water partition coefficient (Wildman–Crippen LogP) is 3.74. The Kier molecular flexibility index (Phi) is 8.58. The topological polar surface area (TPSA) is 61.8 Å². The van der Waals surface area contributed by atoms with Gasteiger partial charge in [0, 0.05) is 12.2 Å². The van der Waals surface area contributed by atoms with Gasteiger partial charge < -0.3 is 15.2 Å². The summed E-state index contributed by atoms with van der Waals surface area (Å²) >= 11 is 6.05. The number of nitrogens with zero attached hydrogens (tertiary/aromatic N) is 1. The molecule has 0 fully saturated rings. The summed E-state index contributed by atoms with van der Waals surface area (Å²) in [5.74, 6) is 0.439. The SMILES string of the molecule is CCCN(CC(=O)Nc1ccccc1C)CC(O)COc1ccccc1Cl. The zero-order chi connectivity index (χ0) is 19.6. The molecule has 0 saturated carbocycles. The van der Waals surface area contributed by atoms with Crippen LogP contribution in [-0.4, -0.2) is 48.3 Å². The minimum atomic E-state index is -0.723. The van der Waals surface area contributed by atoms with E-state index in [-0.39, 0.29) is 19.1 Å². The second-order valence-electron chi connectivity index (χ2n) is 6.49. The summed E-state index contributed by atoms with van der Waals surface area (Å²) in [5.41, 5.74) is 1.82. The Morgan fingerprint density at radius 3 is 2.63 bits per heavy atom. The molecule has 0 saturated heterocycles. The summed E-state index contributed by atoms with van der Waals surface area (Å²) in [4.78, 5) is 14.3. The first-order valence-electron chi connectivity index (χ1n) is 9.12. The third-order valence-corrected chi connectivity index (χ3v) is 4.38. The van der Waals surface area contributed by atoms with Gasteiger partial charge in [-0.25, -0.2) is 0 Å². The number of para-hydroxylation sites is 2. The van der Waals surface area contributed by atoms with Crippen LogP contribution in [0.3, 0.4) is 0 Å². The largest absolute Gasteiger partial charge is 0.489 e. The van der Waals surface area contributed by atoms with Gasteiger partial charge in [-0.05, 0) is 43.7 Å². The van der Waals surface area contributed by atoms with E-state index in [1.807, 2.05) is 55.1 Å². The first kappa shape index (κ1) is 21.2. The number of carbonyl (C=O) groups excluding carboxylic acids is 1. The normalized spacial score (nSPS) is 12.0. The molecule has 0 spiro atoms. The summed E-state index contributed by atoms with van der Waals surface area (Å²) in [6.45, 7) is 5.38. The molecule has 1 atom stereocenters. The average Bonchev–Trinajstić information content (AvgIpc) is 2.63. The third kappa shape index (κ3) is 7.21. The highest BCUT2D eigenvalue weighted by molar-refractivity contribution is 6.32. The predicted molar refractivity (Wildman–Crippen MR) is 109 cm³/mol. The van der Waals surface area contributed by atoms with Crippen LogP contribution in [0.4, 0.5) is 5.69 Å². The molecule has 0 radical (unpaired) electrons. The van der Waals surface area contributed by atoms with Crippen molar-refractivity contribution in [2.75, 3.05) is 31.6 Å². The van der Waals surface area contributed by atoms with Gasteiger partial charge in [-0.3, -0.25) is 9.69 Å². The number of rotatable bonds is 10. The van der Waals surface area contributed by atoms with Gasteiger partial charge in [-0.1, -0.05) is 48.9 Å². The zero-order valence-electron chi connectivity index (χ0n) is 15.8. The lowest BCUT2D eigenvalue weighted by Crippen LogP contribution is -2.40. The van der Waals surface area contributed by atoms with Gasteiger partial charge in [0.05, 0.1) is 11.6 Å². The van der Waals surface area contributed by atoms with Crippen LogP contribution in [0.2, 0.25) is 5.02 Å². The number of amides is 1. The maximum Gasteiger partial charge on any atom is 0.238 e. The molecule has 1 amide bonds. The van der Waals surface area contributed by atoms with Crippen molar-refractivity contribution in [3.63, 3.8) is 0 Å². The minimum absolute atomic E-state index is 0.100. The van der Waals surface area contributed by atoms with E-state index in [1.54, 1.807) is 12.1 Å². The molecule has 27 heavy (non-hydrogen) atoms. The molecule has 2 aromatic carbocycles. The molecule has 0 aliphatic rings. The van der Waals surface area contributed by atoms with Crippen LogP contribution in [0.25, 0.3) is 0 Å². The fraction of sp³-hybridized carbons (Fsp3) is 0.381. The lowest BCUT2D eigenvalue weighted by atomic mass is 10.2. The number of aliphatic hydroxyl groups excluding tert-OH is 1. The van der Waals surface area contributed by atoms with Crippen LogP contribution in [-0.2, 0) is 4.79 Å². The van der Waals surface area contributed by atoms with Crippen molar-refractivity contribution >= 4 is 23.2 Å². The molecule has 6 heteroatoms. The molecule has 2 N–H and O–H groups in total. The standard InChI is InChI=1S/C21H27ClN2O3/c1-3-12-24(14-21(26)23-19-10-6-4-8-16(19)2)13-17(25)15-27-20-11-7-5-9-18(20)22/h4-11,17,25H,3,12-15H2,1-2H3,(H,23,26). The Labute approximate surface area is 165 Å². The first-order valence-corrected chi connectivity index (χ1v) is 9.50. The molecule has 2 aromatic rings. The summed E-state index contributed by atoms with van der Waals surface area (Å²) in [6.07, 6.45) is 0.162. The highest BCUT2D eigenvalue weighted by Crippen LogP contribution is 2.23. The van der Waals surface area contributed by atoms with E-state index in [0.29, 0.717) is 23.9 Å². The number of anilines is 1. The minimum Gasteiger partial charge on any atom is -0.489 e. The van der Waals surface area contributed by atoms with Gasteiger partial charge >= 0.3 is 0 Å². The fourth-order valence-corrected chi connectivity index (χ4v) is 2.95. The van der Waals surface area contributed by atoms with Crippen molar-refractivity contribution in [3.05, 3.63) is 59.1 Å². The molecule has 1 unspecified atom stereocenters. The van der Waals surface area contributed by atoms with Crippen molar-refractivity contribution in [1.82, 2.24) is 4.90 Å². The fourth-order valence-electron chi connectivity index (χ4n) is 2.76. The second-order valence-corrected chi connectivity index (χ2v) is 6.90. The Morgan fingerprint density at radius 1 is 1.22 bits per heavy atom. The van der Waals surface area contributed by atoms with Crippen molar-refractivity contribution in [2.45, 2.75) is 26.4 Å². The number of carbonyl (C=O) groups is 1. The van der Waals surface area contributed by atoms with Crippen LogP contribution in [0.15, 0.2) is 48.5 Å². The maximum absolute atomic E-state index is 12.4. The monoisotopic (exact) mass is 390 g/mol. The van der Waals surface area contributed by atoms with Gasteiger partial charge in [0.1, 0.15) is 18.5 Å². The zero-order valence-corrected chi connectivity index (χ0v) is 16.6. The van der Waals surface area contributed by atoms with Crippen molar-refractivity contribution in [1.29, 1.82) is 0 Å². The number of hydrogen-bond acceptors (Lipinski definition) is 4. The lowest BCUT2D eigenvalue weighted by Gasteiger charge is -2.24. The van der Waals surface area contributed by atoms with Crippen molar-refractivity contribution in [3.8, 4) is 5.75 Å². The third-order valence-electron chi connectivity index (χ3n) is 4.06. The van der Waals surface area contributed by atoms with E-state index >= 15 is 0 Å². The molecular formula is C21H27ClN2O3. The second kappa shape index (κ2) is 10.9. The summed E-state index contributed by atoms with van der Waals surface area (Å²) in [5, 5.41) is 13.7. The van der Waals surface area contributed by atoms with Gasteiger partial charge in [-0.15, -0.1) is 0 Å². The molecule has 0 bridgehead atoms. The molecular weight excluding hydrogens is 364 g/mol. The van der Waals surface area contributed by atoms with Crippen molar-refractivity contribution in [2.24, 2.45) is 0 Å². The van der Waals surface area contributed by atoms with Crippen LogP contribution in [0, 0.1) is 6.92 Å². The Morgan fingerprint density at radius 2 is 1.93 bits per heavy atom. The van der Waals surface area contributed by atoms with Gasteiger partial charge in [0.15, 0.2) is 0 Å². The van der Waals surface area contributed by atoms with Gasteiger partial charge in [0.25, 0.3) is 0 Å². The number of ether oxygens (including phenoxy) is 1. The van der Waals surface area contributed by atoms with E-state index in [9.17, 15) is 9.90 Å². The van der Waals surface area contributed by atoms with E-state index in [0.717, 1.165) is 17.7 Å². The quantitative estimate of drug-likeness (QED) is 0.648. The number of nitrogens with one attached hydrogen (secondary N) is 1. The van der Waals surface area contributed by atoms with Gasteiger partial charge in [0.2, 0.25) is 5.91 Å². The van der Waals surface area contributed by atoms with Crippen molar-refractivity contribution < 1.29 is 14.6 Å². The van der Waals surface area contributed by atoms with E-state index in [2.05, 4.69) is 5.32 Å². The Hall–Kier alpha value is -2.08. The molecule has 0 aliphatic heterocycles. The highest BCUT2D eigenvalue weighted by Gasteiger charge is 2.16. The summed E-state index contributed by atoms with van der Waals surface area (Å²) < 4.78 is 5.58.